The Kier molecular flexibility index (Phi) is 6.55. The van der Waals surface area contributed by atoms with Gasteiger partial charge in [-0.25, -0.2) is 0 Å². The second kappa shape index (κ2) is 8.06. The predicted octanol–water partition coefficient (Wildman–Crippen LogP) is 7.72. The first-order chi connectivity index (χ1) is 12.8. The lowest BCUT2D eigenvalue weighted by molar-refractivity contribution is -0.270. The van der Waals surface area contributed by atoms with Crippen LogP contribution in [0.2, 0.25) is 0 Å². The Morgan fingerprint density at radius 3 is 2.04 bits per heavy atom. The van der Waals surface area contributed by atoms with Crippen molar-refractivity contribution < 1.29 is 9.78 Å². The Bertz CT molecular complexity index is 726. The molecule has 0 saturated heterocycles. The minimum absolute atomic E-state index is 0.0170. The quantitative estimate of drug-likeness (QED) is 0.382. The number of benzene rings is 1. The second-order valence-corrected chi connectivity index (χ2v) is 10.8. The lowest BCUT2D eigenvalue weighted by Crippen LogP contribution is -2.50. The van der Waals surface area contributed by atoms with Crippen LogP contribution in [0.1, 0.15) is 80.7 Å². The molecule has 1 aliphatic carbocycles. The highest BCUT2D eigenvalue weighted by Gasteiger charge is 2.51. The van der Waals surface area contributed by atoms with E-state index in [-0.39, 0.29) is 22.3 Å². The van der Waals surface area contributed by atoms with E-state index in [1.807, 2.05) is 12.1 Å². The van der Waals surface area contributed by atoms with Gasteiger partial charge < -0.3 is 4.89 Å². The molecular formula is C26H40O2. The van der Waals surface area contributed by atoms with Gasteiger partial charge in [-0.3, -0.25) is 0 Å². The molecule has 1 aromatic rings. The summed E-state index contributed by atoms with van der Waals surface area (Å²) in [5.41, 5.74) is 2.38. The minimum Gasteiger partial charge on any atom is -0.337 e. The van der Waals surface area contributed by atoms with Crippen LogP contribution >= 0.6 is 0 Å². The van der Waals surface area contributed by atoms with Crippen LogP contribution in [0, 0.1) is 22.2 Å². The van der Waals surface area contributed by atoms with Crippen molar-refractivity contribution in [2.45, 2.75) is 81.3 Å². The smallest absolute Gasteiger partial charge is 0.168 e. The van der Waals surface area contributed by atoms with E-state index in [2.05, 4.69) is 99.6 Å². The van der Waals surface area contributed by atoms with Gasteiger partial charge in [-0.05, 0) is 40.4 Å². The van der Waals surface area contributed by atoms with E-state index in [0.29, 0.717) is 11.8 Å². The van der Waals surface area contributed by atoms with Crippen LogP contribution in [0.3, 0.4) is 0 Å². The van der Waals surface area contributed by atoms with Crippen molar-refractivity contribution in [1.29, 1.82) is 0 Å². The van der Waals surface area contributed by atoms with E-state index in [1.165, 1.54) is 11.1 Å². The normalized spacial score (nSPS) is 23.3. The van der Waals surface area contributed by atoms with Gasteiger partial charge in [0.05, 0.1) is 0 Å². The monoisotopic (exact) mass is 384 g/mol. The molecule has 0 aromatic heterocycles. The van der Waals surface area contributed by atoms with Gasteiger partial charge in [0.1, 0.15) is 6.10 Å². The van der Waals surface area contributed by atoms with Gasteiger partial charge in [0, 0.05) is 11.0 Å². The molecule has 0 saturated carbocycles. The van der Waals surface area contributed by atoms with Crippen LogP contribution in [-0.2, 0) is 4.89 Å². The molecule has 2 rings (SSSR count). The van der Waals surface area contributed by atoms with Gasteiger partial charge in [0.15, 0.2) is 5.75 Å². The number of hydrogen-bond acceptors (Lipinski definition) is 2. The van der Waals surface area contributed by atoms with Crippen LogP contribution < -0.4 is 4.89 Å². The molecule has 0 fully saturated rings. The highest BCUT2D eigenvalue weighted by atomic mass is 17.2. The van der Waals surface area contributed by atoms with Crippen LogP contribution in [0.5, 0.6) is 5.75 Å². The molecule has 0 bridgehead atoms. The fraction of sp³-hybridized carbons (Fsp3) is 0.615. The molecule has 1 aromatic carbocycles. The summed E-state index contributed by atoms with van der Waals surface area (Å²) in [6.07, 6.45) is 6.80. The summed E-state index contributed by atoms with van der Waals surface area (Å²) in [5.74, 6) is 1.59. The Balaban J connectivity index is 2.45. The van der Waals surface area contributed by atoms with Crippen LogP contribution in [0.15, 0.2) is 48.1 Å². The zero-order valence-corrected chi connectivity index (χ0v) is 19.6. The van der Waals surface area contributed by atoms with Crippen molar-refractivity contribution in [1.82, 2.24) is 0 Å². The lowest BCUT2D eigenvalue weighted by atomic mass is 9.55. The summed E-state index contributed by atoms with van der Waals surface area (Å²) in [5, 5.41) is 0. The summed E-state index contributed by atoms with van der Waals surface area (Å²) >= 11 is 0. The number of hydrogen-bond donors (Lipinski definition) is 0. The van der Waals surface area contributed by atoms with E-state index in [1.54, 1.807) is 0 Å². The standard InChI is InChI=1S/C26H40O2/c1-18(2)21-13-11-12-14-22(21)27-28-23-17-20(24(5,6)7)15-16-26(23,19(3)4)25(8,9)10/h11-19,23H,1-10H3. The highest BCUT2D eigenvalue weighted by molar-refractivity contribution is 5.37. The summed E-state index contributed by atoms with van der Waals surface area (Å²) in [7, 11) is 0. The van der Waals surface area contributed by atoms with Gasteiger partial charge in [-0.2, -0.15) is 4.89 Å². The predicted molar refractivity (Wildman–Crippen MR) is 119 cm³/mol. The topological polar surface area (TPSA) is 18.5 Å². The van der Waals surface area contributed by atoms with Crippen LogP contribution in [0.4, 0.5) is 0 Å². The first-order valence-corrected chi connectivity index (χ1v) is 10.6. The Morgan fingerprint density at radius 2 is 1.54 bits per heavy atom. The van der Waals surface area contributed by atoms with Gasteiger partial charge in [-0.1, -0.05) is 99.6 Å². The average molecular weight is 385 g/mol. The summed E-state index contributed by atoms with van der Waals surface area (Å²) < 4.78 is 0. The van der Waals surface area contributed by atoms with Crippen molar-refractivity contribution in [3.05, 3.63) is 53.6 Å². The van der Waals surface area contributed by atoms with Gasteiger partial charge >= 0.3 is 0 Å². The first kappa shape index (κ1) is 22.7. The molecule has 0 aliphatic heterocycles. The van der Waals surface area contributed by atoms with Crippen LogP contribution in [0.25, 0.3) is 0 Å². The molecule has 0 N–H and O–H groups in total. The third-order valence-corrected chi connectivity index (χ3v) is 6.24. The molecule has 1 aliphatic rings. The Hall–Kier alpha value is -1.54. The molecule has 0 radical (unpaired) electrons. The molecule has 0 heterocycles. The van der Waals surface area contributed by atoms with Gasteiger partial charge in [0.2, 0.25) is 0 Å². The van der Waals surface area contributed by atoms with Crippen molar-refractivity contribution >= 4 is 0 Å². The molecule has 28 heavy (non-hydrogen) atoms. The van der Waals surface area contributed by atoms with Crippen molar-refractivity contribution in [3.8, 4) is 5.75 Å². The third-order valence-electron chi connectivity index (χ3n) is 6.24. The number of rotatable bonds is 5. The maximum absolute atomic E-state index is 6.26. The maximum Gasteiger partial charge on any atom is 0.168 e. The van der Waals surface area contributed by atoms with Crippen molar-refractivity contribution in [2.24, 2.45) is 22.2 Å². The van der Waals surface area contributed by atoms with Gasteiger partial charge in [0.25, 0.3) is 0 Å². The lowest BCUT2D eigenvalue weighted by Gasteiger charge is -2.51. The van der Waals surface area contributed by atoms with E-state index in [9.17, 15) is 0 Å². The zero-order chi connectivity index (χ0) is 21.3. The molecular weight excluding hydrogens is 344 g/mol. The van der Waals surface area contributed by atoms with Crippen molar-refractivity contribution in [2.75, 3.05) is 0 Å². The summed E-state index contributed by atoms with van der Waals surface area (Å²) in [6.45, 7) is 22.5. The number of allylic oxidation sites excluding steroid dienone is 2. The number of para-hydroxylation sites is 1. The molecule has 2 nitrogen and oxygen atoms in total. The zero-order valence-electron chi connectivity index (χ0n) is 19.6. The second-order valence-electron chi connectivity index (χ2n) is 10.8. The minimum atomic E-state index is -0.160. The molecule has 2 unspecified atom stereocenters. The van der Waals surface area contributed by atoms with E-state index in [0.717, 1.165) is 5.75 Å². The maximum atomic E-state index is 6.26. The molecule has 2 atom stereocenters. The fourth-order valence-corrected chi connectivity index (χ4v) is 4.49. The third kappa shape index (κ3) is 4.38. The SMILES string of the molecule is CC(C)c1ccccc1OOC1C=C(C(C)(C)C)C=CC1(C(C)C)C(C)(C)C. The summed E-state index contributed by atoms with van der Waals surface area (Å²) in [4.78, 5) is 12.3. The first-order valence-electron chi connectivity index (χ1n) is 10.6. The van der Waals surface area contributed by atoms with E-state index >= 15 is 0 Å². The Morgan fingerprint density at radius 1 is 0.929 bits per heavy atom. The van der Waals surface area contributed by atoms with E-state index < -0.39 is 0 Å². The largest absolute Gasteiger partial charge is 0.337 e. The fourth-order valence-electron chi connectivity index (χ4n) is 4.49. The Labute approximate surface area is 173 Å². The molecule has 0 amide bonds. The molecule has 2 heteroatoms. The summed E-state index contributed by atoms with van der Waals surface area (Å²) in [6, 6.07) is 8.16. The molecule has 0 spiro atoms. The van der Waals surface area contributed by atoms with Gasteiger partial charge in [-0.15, -0.1) is 0 Å². The highest BCUT2D eigenvalue weighted by Crippen LogP contribution is 2.53. The van der Waals surface area contributed by atoms with Crippen molar-refractivity contribution in [3.63, 3.8) is 0 Å². The van der Waals surface area contributed by atoms with E-state index in [4.69, 9.17) is 9.78 Å². The van der Waals surface area contributed by atoms with Crippen LogP contribution in [-0.4, -0.2) is 6.10 Å². The molecule has 156 valence electrons. The average Bonchev–Trinajstić information content (AvgIpc) is 2.57.